The van der Waals surface area contributed by atoms with Gasteiger partial charge in [0.25, 0.3) is 0 Å². The van der Waals surface area contributed by atoms with E-state index in [1.807, 2.05) is 6.07 Å². The van der Waals surface area contributed by atoms with Gasteiger partial charge in [-0.1, -0.05) is 12.0 Å². The van der Waals surface area contributed by atoms with E-state index in [1.54, 1.807) is 18.3 Å². The van der Waals surface area contributed by atoms with Crippen molar-refractivity contribution in [2.24, 2.45) is 17.3 Å². The summed E-state index contributed by atoms with van der Waals surface area (Å²) in [5.74, 6) is 2.27. The summed E-state index contributed by atoms with van der Waals surface area (Å²) in [6, 6.07) is 12.4. The Hall–Kier alpha value is -6.11. The van der Waals surface area contributed by atoms with Crippen LogP contribution >= 0.6 is 0 Å². The maximum absolute atomic E-state index is 17.2. The lowest BCUT2D eigenvalue weighted by Gasteiger charge is -2.41. The number of piperidine rings is 3. The Labute approximate surface area is 387 Å². The average molecular weight is 913 g/mol. The van der Waals surface area contributed by atoms with Crippen LogP contribution in [0.5, 0.6) is 11.6 Å². The molecule has 3 unspecified atom stereocenters. The molecule has 3 aromatic carbocycles. The van der Waals surface area contributed by atoms with Gasteiger partial charge in [-0.25, -0.2) is 13.2 Å². The normalized spacial score (nSPS) is 23.4. The summed E-state index contributed by atoms with van der Waals surface area (Å²) in [4.78, 5) is 40.3. The number of terminal acetylenes is 1. The summed E-state index contributed by atoms with van der Waals surface area (Å²) in [5.41, 5.74) is 1.22. The van der Waals surface area contributed by atoms with E-state index < -0.39 is 17.7 Å². The smallest absolute Gasteiger partial charge is 0.249 e. The van der Waals surface area contributed by atoms with Gasteiger partial charge >= 0.3 is 0 Å². The number of halogens is 3. The number of nitrogens with one attached hydrogen (secondary N) is 3. The van der Waals surface area contributed by atoms with E-state index in [0.717, 1.165) is 97.2 Å². The van der Waals surface area contributed by atoms with Crippen LogP contribution in [0.25, 0.3) is 32.8 Å². The van der Waals surface area contributed by atoms with E-state index in [-0.39, 0.29) is 57.4 Å². The van der Waals surface area contributed by atoms with E-state index in [4.69, 9.17) is 16.1 Å². The highest BCUT2D eigenvalue weighted by Gasteiger charge is 2.46. The second-order valence-electron chi connectivity index (χ2n) is 19.9. The molecular weight excluding hydrogens is 858 g/mol. The number of anilines is 3. The van der Waals surface area contributed by atoms with Gasteiger partial charge in [0.15, 0.2) is 5.82 Å². The molecule has 5 aromatic rings. The van der Waals surface area contributed by atoms with E-state index >= 15 is 13.2 Å². The minimum absolute atomic E-state index is 0.0156. The van der Waals surface area contributed by atoms with Crippen LogP contribution < -0.4 is 30.5 Å². The monoisotopic (exact) mass is 912 g/mol. The standard InChI is InChI=1S/C52H55F3N8O4/c1-2-37-41(53)7-3-32-21-36(64)23-39(47(32)37)49-48(55)38-24-46(60-50(40(38)25-56-49)63-26-34-4-5-35(27-63)57-34)67-29-52(15-16-52)28-61-17-11-30(12-18-61)31-13-19-62(20-14-31)44-9-6-33(22-42(44)54)58-43-8-10-45(65)59-51(43)66/h1,3,6-7,9,21-25,30-31,34-35,43,57-58,64H,4-5,8,10-20,26-29H2,(H,59,65,66). The van der Waals surface area contributed by atoms with Crippen molar-refractivity contribution in [3.8, 4) is 35.2 Å². The molecule has 11 rings (SSSR count). The number of nitrogens with zero attached hydrogens (tertiary/aromatic N) is 5. The molecule has 5 saturated heterocycles. The molecule has 5 aliphatic heterocycles. The van der Waals surface area contributed by atoms with Crippen LogP contribution in [-0.2, 0) is 9.59 Å². The molecule has 0 spiro atoms. The van der Waals surface area contributed by atoms with Crippen LogP contribution in [-0.4, -0.2) is 102 Å². The minimum Gasteiger partial charge on any atom is -0.508 e. The Kier molecular flexibility index (Phi) is 11.4. The average Bonchev–Trinajstić information content (AvgIpc) is 4.01. The first kappa shape index (κ1) is 43.5. The molecule has 67 heavy (non-hydrogen) atoms. The molecule has 1 saturated carbocycles. The molecule has 7 heterocycles. The Balaban J connectivity index is 0.748. The maximum Gasteiger partial charge on any atom is 0.249 e. The molecule has 2 bridgehead atoms. The molecule has 1 aliphatic carbocycles. The zero-order valence-corrected chi connectivity index (χ0v) is 37.4. The second-order valence-corrected chi connectivity index (χ2v) is 19.9. The summed E-state index contributed by atoms with van der Waals surface area (Å²) < 4.78 is 54.2. The van der Waals surface area contributed by atoms with Gasteiger partial charge < -0.3 is 35.2 Å². The highest BCUT2D eigenvalue weighted by molar-refractivity contribution is 6.04. The number of phenolic OH excluding ortho intramolecular Hbond substituents is 1. The topological polar surface area (TPSA) is 135 Å². The number of aromatic nitrogens is 2. The predicted octanol–water partition coefficient (Wildman–Crippen LogP) is 7.50. The lowest BCUT2D eigenvalue weighted by atomic mass is 9.78. The van der Waals surface area contributed by atoms with Crippen LogP contribution in [0, 0.1) is 47.0 Å². The molecule has 0 radical (unpaired) electrons. The fourth-order valence-corrected chi connectivity index (χ4v) is 11.7. The van der Waals surface area contributed by atoms with Crippen molar-refractivity contribution in [1.29, 1.82) is 0 Å². The van der Waals surface area contributed by atoms with Crippen molar-refractivity contribution in [3.05, 3.63) is 77.7 Å². The first-order valence-electron chi connectivity index (χ1n) is 23.9. The van der Waals surface area contributed by atoms with E-state index in [2.05, 4.69) is 41.6 Å². The maximum atomic E-state index is 17.2. The van der Waals surface area contributed by atoms with Gasteiger partial charge in [-0.05, 0) is 124 Å². The highest BCUT2D eigenvalue weighted by Crippen LogP contribution is 2.48. The van der Waals surface area contributed by atoms with E-state index in [0.29, 0.717) is 76.2 Å². The number of carbonyl (C=O) groups excluding carboxylic acids is 2. The lowest BCUT2D eigenvalue weighted by molar-refractivity contribution is -0.133. The van der Waals surface area contributed by atoms with E-state index in [9.17, 15) is 14.7 Å². The number of aromatic hydroxyl groups is 1. The number of hydrogen-bond donors (Lipinski definition) is 4. The molecule has 6 fully saturated rings. The van der Waals surface area contributed by atoms with Crippen molar-refractivity contribution < 1.29 is 32.6 Å². The number of fused-ring (bicyclic) bond motifs is 4. The number of pyridine rings is 2. The number of amides is 2. The van der Waals surface area contributed by atoms with Gasteiger partial charge in [-0.3, -0.25) is 19.9 Å². The fraction of sp³-hybridized carbons (Fsp3) is 0.462. The third-order valence-electron chi connectivity index (χ3n) is 15.5. The number of rotatable bonds is 11. The van der Waals surface area contributed by atoms with E-state index in [1.165, 1.54) is 30.3 Å². The van der Waals surface area contributed by atoms with Crippen molar-refractivity contribution in [3.63, 3.8) is 0 Å². The van der Waals surface area contributed by atoms with Crippen LogP contribution in [0.15, 0.2) is 54.7 Å². The highest BCUT2D eigenvalue weighted by atomic mass is 19.1. The van der Waals surface area contributed by atoms with Gasteiger partial charge in [0, 0.05) is 96.3 Å². The molecule has 15 heteroatoms. The number of imide groups is 1. The van der Waals surface area contributed by atoms with Crippen LogP contribution in [0.1, 0.15) is 69.8 Å². The van der Waals surface area contributed by atoms with Crippen LogP contribution in [0.3, 0.4) is 0 Å². The predicted molar refractivity (Wildman–Crippen MR) is 252 cm³/mol. The molecular formula is C52H55F3N8O4. The Morgan fingerprint density at radius 3 is 2.31 bits per heavy atom. The molecule has 2 aromatic heterocycles. The zero-order chi connectivity index (χ0) is 46.0. The SMILES string of the molecule is C#Cc1c(F)ccc2cc(O)cc(-c3ncc4c(N5CC6CCC(C5)N6)nc(OCC5(CN6CCC(C7CCN(c8ccc(NC9CCC(=O)NC9=O)cc8F)CC7)CC6)CC5)cc4c3F)c12. The molecule has 4 N–H and O–H groups in total. The fourth-order valence-electron chi connectivity index (χ4n) is 11.7. The Bertz CT molecular complexity index is 2800. The minimum atomic E-state index is -0.625. The summed E-state index contributed by atoms with van der Waals surface area (Å²) in [6.45, 7) is 6.47. The van der Waals surface area contributed by atoms with Gasteiger partial charge in [0.2, 0.25) is 17.7 Å². The van der Waals surface area contributed by atoms with Crippen molar-refractivity contribution in [2.45, 2.75) is 82.3 Å². The lowest BCUT2D eigenvalue weighted by Crippen LogP contribution is -2.51. The molecule has 348 valence electrons. The summed E-state index contributed by atoms with van der Waals surface area (Å²) in [7, 11) is 0. The summed E-state index contributed by atoms with van der Waals surface area (Å²) in [6.07, 6.45) is 16.5. The summed E-state index contributed by atoms with van der Waals surface area (Å²) in [5, 5.41) is 21.4. The first-order chi connectivity index (χ1) is 32.5. The number of benzene rings is 3. The number of hydrogen-bond acceptors (Lipinski definition) is 11. The van der Waals surface area contributed by atoms with Gasteiger partial charge in [0.05, 0.1) is 17.9 Å². The van der Waals surface area contributed by atoms with Crippen molar-refractivity contribution >= 4 is 50.6 Å². The molecule has 3 atom stereocenters. The quantitative estimate of drug-likeness (QED) is 0.0776. The first-order valence-corrected chi connectivity index (χ1v) is 23.9. The number of ether oxygens (including phenoxy) is 1. The largest absolute Gasteiger partial charge is 0.508 e. The summed E-state index contributed by atoms with van der Waals surface area (Å²) >= 11 is 0. The Morgan fingerprint density at radius 2 is 1.61 bits per heavy atom. The van der Waals surface area contributed by atoms with Gasteiger partial charge in [-0.2, -0.15) is 4.98 Å². The molecule has 2 amide bonds. The zero-order valence-electron chi connectivity index (χ0n) is 37.4. The number of piperazine rings is 1. The van der Waals surface area contributed by atoms with Gasteiger partial charge in [0.1, 0.15) is 34.9 Å². The molecule has 12 nitrogen and oxygen atoms in total. The van der Waals surface area contributed by atoms with Crippen molar-refractivity contribution in [2.75, 3.05) is 67.5 Å². The number of carbonyl (C=O) groups is 2. The number of phenols is 1. The molecule has 6 aliphatic rings. The Morgan fingerprint density at radius 1 is 0.866 bits per heavy atom. The van der Waals surface area contributed by atoms with Crippen molar-refractivity contribution in [1.82, 2.24) is 25.5 Å². The number of likely N-dealkylation sites (tertiary alicyclic amines) is 1. The third-order valence-corrected chi connectivity index (χ3v) is 15.5. The van der Waals surface area contributed by atoms with Crippen LogP contribution in [0.4, 0.5) is 30.4 Å². The second kappa shape index (κ2) is 17.5. The third kappa shape index (κ3) is 8.59. The van der Waals surface area contributed by atoms with Gasteiger partial charge in [-0.15, -0.1) is 6.42 Å². The van der Waals surface area contributed by atoms with Crippen LogP contribution in [0.2, 0.25) is 0 Å².